The molecule has 1 aromatic heterocycles. The second-order valence-electron chi connectivity index (χ2n) is 13.9. The molecule has 1 heterocycles. The summed E-state index contributed by atoms with van der Waals surface area (Å²) in [6.07, 6.45) is 6.28. The molecule has 1 atom stereocenters. The lowest BCUT2D eigenvalue weighted by molar-refractivity contribution is 0.0606. The van der Waals surface area contributed by atoms with E-state index in [-0.39, 0.29) is 51.4 Å². The summed E-state index contributed by atoms with van der Waals surface area (Å²) < 4.78 is 51.4. The van der Waals surface area contributed by atoms with Crippen LogP contribution in [-0.2, 0) is 4.74 Å². The first kappa shape index (κ1) is 38.3. The van der Waals surface area contributed by atoms with E-state index in [9.17, 15) is 23.5 Å². The van der Waals surface area contributed by atoms with Crippen LogP contribution in [0, 0.1) is 11.2 Å². The van der Waals surface area contributed by atoms with Crippen LogP contribution in [0.3, 0.4) is 0 Å². The predicted octanol–water partition coefficient (Wildman–Crippen LogP) is 6.49. The summed E-state index contributed by atoms with van der Waals surface area (Å²) >= 11 is 6.35. The van der Waals surface area contributed by atoms with Crippen LogP contribution in [-0.4, -0.2) is 76.2 Å². The fraction of sp³-hybridized carbons (Fsp3) is 0.429. The SMILES string of the molecule is C=N/C=N\N(c1cc([C@@H](COC(=O)NC2(O)CC2)N(C(=O)c2ccc(-c3cnn(C4CC4)c3)c(F)c2)C(N)=NCCC(C)(C)C)ccc1Cl)C(F)F. The molecular weight excluding hydrogens is 703 g/mol. The van der Waals surface area contributed by atoms with Gasteiger partial charge in [-0.2, -0.15) is 19.0 Å². The first-order valence-corrected chi connectivity index (χ1v) is 17.0. The molecule has 17 heteroatoms. The number of benzene rings is 2. The minimum Gasteiger partial charge on any atom is -0.447 e. The first-order chi connectivity index (χ1) is 24.6. The van der Waals surface area contributed by atoms with Gasteiger partial charge in [0.05, 0.1) is 29.0 Å². The summed E-state index contributed by atoms with van der Waals surface area (Å²) in [6, 6.07) is 6.81. The smallest absolute Gasteiger partial charge is 0.409 e. The first-order valence-electron chi connectivity index (χ1n) is 16.6. The molecule has 0 radical (unpaired) electrons. The minimum atomic E-state index is -3.18. The fourth-order valence-electron chi connectivity index (χ4n) is 5.19. The van der Waals surface area contributed by atoms with Gasteiger partial charge in [0.15, 0.2) is 5.96 Å². The molecule has 5 rings (SSSR count). The Hall–Kier alpha value is -4.96. The Morgan fingerprint density at radius 1 is 1.25 bits per heavy atom. The highest BCUT2D eigenvalue weighted by Crippen LogP contribution is 2.37. The van der Waals surface area contributed by atoms with Gasteiger partial charge in [-0.05, 0) is 74.1 Å². The summed E-state index contributed by atoms with van der Waals surface area (Å²) in [5, 5.41) is 20.7. The van der Waals surface area contributed by atoms with Crippen LogP contribution < -0.4 is 16.1 Å². The van der Waals surface area contributed by atoms with Crippen molar-refractivity contribution in [2.75, 3.05) is 18.2 Å². The summed E-state index contributed by atoms with van der Waals surface area (Å²) in [4.78, 5) is 36.1. The van der Waals surface area contributed by atoms with E-state index in [1.165, 1.54) is 30.3 Å². The van der Waals surface area contributed by atoms with E-state index in [0.717, 1.165) is 30.1 Å². The van der Waals surface area contributed by atoms with Crippen LogP contribution >= 0.6 is 11.6 Å². The Balaban J connectivity index is 1.57. The number of hydrogen-bond donors (Lipinski definition) is 3. The molecule has 0 spiro atoms. The Morgan fingerprint density at radius 3 is 2.60 bits per heavy atom. The Morgan fingerprint density at radius 2 is 1.98 bits per heavy atom. The van der Waals surface area contributed by atoms with E-state index in [4.69, 9.17) is 22.1 Å². The molecule has 13 nitrogen and oxygen atoms in total. The molecule has 2 aliphatic rings. The highest BCUT2D eigenvalue weighted by molar-refractivity contribution is 6.33. The molecule has 0 aliphatic heterocycles. The molecule has 0 unspecified atom stereocenters. The number of anilines is 1. The minimum absolute atomic E-state index is 0.122. The third-order valence-corrected chi connectivity index (χ3v) is 8.76. The molecule has 0 bridgehead atoms. The Bertz CT molecular complexity index is 1850. The molecule has 2 fully saturated rings. The summed E-state index contributed by atoms with van der Waals surface area (Å²) in [5.74, 6) is -1.85. The van der Waals surface area contributed by atoms with Crippen molar-refractivity contribution in [1.29, 1.82) is 0 Å². The largest absolute Gasteiger partial charge is 0.447 e. The van der Waals surface area contributed by atoms with E-state index < -0.39 is 42.7 Å². The maximum Gasteiger partial charge on any atom is 0.409 e. The molecule has 2 aromatic carbocycles. The van der Waals surface area contributed by atoms with Gasteiger partial charge in [-0.3, -0.25) is 29.7 Å². The zero-order chi connectivity index (χ0) is 37.8. The van der Waals surface area contributed by atoms with Crippen molar-refractivity contribution in [3.8, 4) is 11.1 Å². The van der Waals surface area contributed by atoms with Crippen LogP contribution in [0.2, 0.25) is 5.02 Å². The number of guanidine groups is 1. The number of hydrogen-bond acceptors (Lipinski definition) is 8. The van der Waals surface area contributed by atoms with Gasteiger partial charge in [-0.1, -0.05) is 44.5 Å². The number of nitrogens with two attached hydrogens (primary N) is 1. The fourth-order valence-corrected chi connectivity index (χ4v) is 5.39. The van der Waals surface area contributed by atoms with Crippen molar-refractivity contribution in [2.45, 2.75) is 77.2 Å². The average molecular weight is 744 g/mol. The number of ether oxygens (including phenoxy) is 1. The Kier molecular flexibility index (Phi) is 11.6. The highest BCUT2D eigenvalue weighted by Gasteiger charge is 2.43. The van der Waals surface area contributed by atoms with Crippen molar-refractivity contribution in [2.24, 2.45) is 26.2 Å². The van der Waals surface area contributed by atoms with E-state index in [2.05, 4.69) is 32.2 Å². The number of aromatic nitrogens is 2. The number of hydrazone groups is 1. The van der Waals surface area contributed by atoms with E-state index in [1.807, 2.05) is 20.8 Å². The maximum atomic E-state index is 15.7. The summed E-state index contributed by atoms with van der Waals surface area (Å²) in [6.45, 7) is 5.62. The van der Waals surface area contributed by atoms with Gasteiger partial charge in [-0.25, -0.2) is 14.2 Å². The molecular formula is C35H41ClF3N9O4. The number of alkyl halides is 2. The van der Waals surface area contributed by atoms with Crippen LogP contribution in [0.4, 0.5) is 23.7 Å². The van der Waals surface area contributed by atoms with E-state index in [0.29, 0.717) is 29.8 Å². The molecule has 3 aromatic rings. The molecule has 52 heavy (non-hydrogen) atoms. The van der Waals surface area contributed by atoms with Gasteiger partial charge in [0, 0.05) is 29.4 Å². The van der Waals surface area contributed by atoms with Gasteiger partial charge >= 0.3 is 12.6 Å². The lowest BCUT2D eigenvalue weighted by Crippen LogP contribution is -2.47. The number of carbonyl (C=O) groups is 2. The van der Waals surface area contributed by atoms with Crippen molar-refractivity contribution in [3.05, 3.63) is 70.8 Å². The molecule has 2 amide bonds. The molecule has 4 N–H and O–H groups in total. The van der Waals surface area contributed by atoms with Crippen LogP contribution in [0.1, 0.15) is 80.9 Å². The lowest BCUT2D eigenvalue weighted by Gasteiger charge is -2.32. The van der Waals surface area contributed by atoms with Crippen molar-refractivity contribution in [3.63, 3.8) is 0 Å². The van der Waals surface area contributed by atoms with Crippen molar-refractivity contribution >= 4 is 48.3 Å². The number of aliphatic hydroxyl groups is 1. The standard InChI is InChI=1S/C35H41ClF3N9O4/c1-34(2,3)13-14-42-32(40)47(30(49)22-5-9-25(27(37)15-22)23-17-43-46(18-23)24-7-8-24)29(19-52-33(50)45-35(51)11-12-35)21-6-10-26(36)28(16-21)48(31(38)39)44-20-41-4/h5-6,9-10,15-18,20,24,29,31,51H,4,7-8,11-14,19H2,1-3H3,(H2,40,42)(H,45,50)/b44-20-/t29-/m1/s1. The number of aliphatic imine (C=N–C) groups is 2. The van der Waals surface area contributed by atoms with Crippen molar-refractivity contribution in [1.82, 2.24) is 20.0 Å². The maximum absolute atomic E-state index is 15.7. The van der Waals surface area contributed by atoms with Gasteiger partial charge in [-0.15, -0.1) is 0 Å². The predicted molar refractivity (Wildman–Crippen MR) is 192 cm³/mol. The Labute approximate surface area is 304 Å². The van der Waals surface area contributed by atoms with Gasteiger partial charge in [0.2, 0.25) is 0 Å². The van der Waals surface area contributed by atoms with Crippen LogP contribution in [0.15, 0.2) is 63.9 Å². The second kappa shape index (κ2) is 15.7. The van der Waals surface area contributed by atoms with Crippen LogP contribution in [0.25, 0.3) is 11.1 Å². The van der Waals surface area contributed by atoms with Gasteiger partial charge < -0.3 is 15.6 Å². The van der Waals surface area contributed by atoms with E-state index >= 15 is 4.39 Å². The van der Waals surface area contributed by atoms with E-state index in [1.54, 1.807) is 17.1 Å². The number of rotatable bonds is 14. The van der Waals surface area contributed by atoms with Gasteiger partial charge in [0.1, 0.15) is 24.5 Å². The highest BCUT2D eigenvalue weighted by atomic mass is 35.5. The van der Waals surface area contributed by atoms with Crippen molar-refractivity contribution < 1.29 is 32.6 Å². The summed E-state index contributed by atoms with van der Waals surface area (Å²) in [7, 11) is 0. The molecule has 278 valence electrons. The molecule has 2 saturated carbocycles. The summed E-state index contributed by atoms with van der Waals surface area (Å²) in [5.41, 5.74) is 5.42. The zero-order valence-electron chi connectivity index (χ0n) is 29.0. The quantitative estimate of drug-likeness (QED) is 0.0559. The molecule has 2 aliphatic carbocycles. The zero-order valence-corrected chi connectivity index (χ0v) is 29.7. The third-order valence-electron chi connectivity index (χ3n) is 8.44. The monoisotopic (exact) mass is 743 g/mol. The van der Waals surface area contributed by atoms with Crippen LogP contribution in [0.5, 0.6) is 0 Å². The number of nitrogens with one attached hydrogen (secondary N) is 1. The topological polar surface area (TPSA) is 163 Å². The number of amides is 2. The number of halogens is 4. The number of carbonyl (C=O) groups excluding carboxylic acids is 2. The third kappa shape index (κ3) is 9.67. The van der Waals surface area contributed by atoms with Gasteiger partial charge in [0.25, 0.3) is 5.91 Å². The average Bonchev–Trinajstić information content (AvgIpc) is 4.01. The second-order valence-corrected chi connectivity index (χ2v) is 14.3. The number of nitrogens with zero attached hydrogens (tertiary/aromatic N) is 7. The normalized spacial score (nSPS) is 16.1. The molecule has 0 saturated heterocycles. The lowest BCUT2D eigenvalue weighted by atomic mass is 9.92. The number of alkyl carbamates (subject to hydrolysis) is 1.